The Morgan fingerprint density at radius 3 is 2.44 bits per heavy atom. The largest absolute Gasteiger partial charge is 0.356 e. The van der Waals surface area contributed by atoms with Crippen LogP contribution in [0.4, 0.5) is 0 Å². The Balaban J connectivity index is 3.86. The Hall–Kier alpha value is -1.11. The van der Waals surface area contributed by atoms with Crippen molar-refractivity contribution in [3.63, 3.8) is 0 Å². The molecule has 0 aromatic rings. The van der Waals surface area contributed by atoms with Crippen LogP contribution in [0.5, 0.6) is 0 Å². The van der Waals surface area contributed by atoms with Crippen molar-refractivity contribution in [3.8, 4) is 0 Å². The van der Waals surface area contributed by atoms with E-state index in [-0.39, 0.29) is 0 Å². The molecule has 0 spiro atoms. The van der Waals surface area contributed by atoms with E-state index in [0.29, 0.717) is 0 Å². The molecule has 0 rings (SSSR count). The zero-order valence-corrected chi connectivity index (χ0v) is 10.2. The third-order valence-corrected chi connectivity index (χ3v) is 2.01. The van der Waals surface area contributed by atoms with Gasteiger partial charge in [0.2, 0.25) is 0 Å². The highest BCUT2D eigenvalue weighted by Crippen LogP contribution is 2.35. The lowest BCUT2D eigenvalue weighted by atomic mass is 10.2. The molecule has 0 aromatic carbocycles. The van der Waals surface area contributed by atoms with E-state index < -0.39 is 7.60 Å². The van der Waals surface area contributed by atoms with Crippen LogP contribution in [0.2, 0.25) is 0 Å². The lowest BCUT2D eigenvalue weighted by Gasteiger charge is -1.88. The maximum absolute atomic E-state index is 10.4. The highest BCUT2D eigenvalue weighted by atomic mass is 31.2. The predicted molar refractivity (Wildman–Crippen MR) is 67.0 cm³/mol. The SMILES string of the molecule is CC=CCCC=CC=CC=C=CP(=O)(O)O. The minimum absolute atomic E-state index is 0.743. The fourth-order valence-corrected chi connectivity index (χ4v) is 1.13. The molecule has 0 aliphatic heterocycles. The number of rotatable bonds is 6. The molecule has 0 atom stereocenters. The van der Waals surface area contributed by atoms with Gasteiger partial charge in [-0.15, -0.1) is 5.73 Å². The molecule has 3 nitrogen and oxygen atoms in total. The van der Waals surface area contributed by atoms with Gasteiger partial charge in [-0.05, 0) is 25.8 Å². The van der Waals surface area contributed by atoms with Gasteiger partial charge in [-0.2, -0.15) is 0 Å². The van der Waals surface area contributed by atoms with E-state index >= 15 is 0 Å². The van der Waals surface area contributed by atoms with Gasteiger partial charge in [-0.3, -0.25) is 4.57 Å². The number of unbranched alkanes of at least 4 members (excludes halogenated alkanes) is 1. The molecule has 0 aromatic heterocycles. The van der Waals surface area contributed by atoms with Gasteiger partial charge in [-0.25, -0.2) is 0 Å². The van der Waals surface area contributed by atoms with Crippen molar-refractivity contribution in [1.29, 1.82) is 0 Å². The summed E-state index contributed by atoms with van der Waals surface area (Å²) in [5, 5.41) is 0. The van der Waals surface area contributed by atoms with Crippen molar-refractivity contribution in [3.05, 3.63) is 54.1 Å². The molecule has 0 aliphatic rings. The number of allylic oxidation sites excluding steroid dienone is 7. The summed E-state index contributed by atoms with van der Waals surface area (Å²) in [5.41, 5.74) is 2.39. The van der Waals surface area contributed by atoms with E-state index in [2.05, 4.69) is 11.8 Å². The van der Waals surface area contributed by atoms with Gasteiger partial charge in [0.1, 0.15) is 0 Å². The van der Waals surface area contributed by atoms with Gasteiger partial charge < -0.3 is 9.79 Å². The van der Waals surface area contributed by atoms with Crippen molar-refractivity contribution in [1.82, 2.24) is 0 Å². The molecule has 16 heavy (non-hydrogen) atoms. The van der Waals surface area contributed by atoms with Crippen LogP contribution in [0, 0.1) is 0 Å². The molecule has 0 radical (unpaired) electrons. The van der Waals surface area contributed by atoms with Gasteiger partial charge >= 0.3 is 7.60 Å². The second-order valence-corrected chi connectivity index (χ2v) is 4.45. The van der Waals surface area contributed by atoms with Crippen LogP contribution in [0.1, 0.15) is 19.8 Å². The molecule has 88 valence electrons. The fraction of sp³-hybridized carbons (Fsp3) is 0.250. The van der Waals surface area contributed by atoms with Gasteiger partial charge in [0.15, 0.2) is 0 Å². The highest BCUT2D eigenvalue weighted by molar-refractivity contribution is 7.55. The Morgan fingerprint density at radius 1 is 1.12 bits per heavy atom. The van der Waals surface area contributed by atoms with E-state index in [1.165, 1.54) is 6.08 Å². The molecule has 0 saturated heterocycles. The van der Waals surface area contributed by atoms with Crippen LogP contribution in [0.25, 0.3) is 0 Å². The maximum Gasteiger partial charge on any atom is 0.356 e. The summed E-state index contributed by atoms with van der Waals surface area (Å²) in [6.45, 7) is 1.99. The third kappa shape index (κ3) is 12.9. The maximum atomic E-state index is 10.4. The lowest BCUT2D eigenvalue weighted by Crippen LogP contribution is -1.65. The van der Waals surface area contributed by atoms with Crippen molar-refractivity contribution in [2.45, 2.75) is 19.8 Å². The zero-order chi connectivity index (χ0) is 12.3. The third-order valence-electron chi connectivity index (χ3n) is 1.53. The van der Waals surface area contributed by atoms with E-state index in [0.717, 1.165) is 18.7 Å². The average molecular weight is 240 g/mol. The molecule has 0 heterocycles. The summed E-state index contributed by atoms with van der Waals surface area (Å²) in [6.07, 6.45) is 14.9. The Bertz CT molecular complexity index is 366. The molecular weight excluding hydrogens is 223 g/mol. The zero-order valence-electron chi connectivity index (χ0n) is 9.28. The van der Waals surface area contributed by atoms with Gasteiger partial charge in [0.25, 0.3) is 0 Å². The van der Waals surface area contributed by atoms with Crippen LogP contribution in [0.3, 0.4) is 0 Å². The normalized spacial score (nSPS) is 12.4. The van der Waals surface area contributed by atoms with Crippen molar-refractivity contribution in [2.75, 3.05) is 0 Å². The smallest absolute Gasteiger partial charge is 0.321 e. The second kappa shape index (κ2) is 9.14. The van der Waals surface area contributed by atoms with Crippen LogP contribution < -0.4 is 0 Å². The predicted octanol–water partition coefficient (Wildman–Crippen LogP) is 3.30. The quantitative estimate of drug-likeness (QED) is 0.246. The Kier molecular flexibility index (Phi) is 8.51. The molecule has 0 amide bonds. The Morgan fingerprint density at radius 2 is 1.81 bits per heavy atom. The summed E-state index contributed by atoms with van der Waals surface area (Å²) in [6, 6.07) is 0. The van der Waals surface area contributed by atoms with Crippen LogP contribution in [-0.2, 0) is 4.57 Å². The minimum Gasteiger partial charge on any atom is -0.321 e. The molecule has 0 aliphatic carbocycles. The second-order valence-electron chi connectivity index (χ2n) is 3.01. The van der Waals surface area contributed by atoms with Crippen molar-refractivity contribution in [2.24, 2.45) is 0 Å². The number of hydrogen-bond acceptors (Lipinski definition) is 1. The van der Waals surface area contributed by atoms with E-state index in [9.17, 15) is 4.57 Å². The monoisotopic (exact) mass is 240 g/mol. The first kappa shape index (κ1) is 14.9. The standard InChI is InChI=1S/C12H17O3P/c1-2-3-4-5-6-7-8-9-10-11-12-16(13,14)15/h2-3,6-10,12H,4-5H2,1H3,(H2,13,14,15). The first-order valence-electron chi connectivity index (χ1n) is 4.98. The fourth-order valence-electron chi connectivity index (χ4n) is 0.849. The minimum atomic E-state index is -4.07. The van der Waals surface area contributed by atoms with Gasteiger partial charge in [0.05, 0.1) is 5.82 Å². The average Bonchev–Trinajstić information content (AvgIpc) is 2.19. The molecular formula is C12H17O3P. The van der Waals surface area contributed by atoms with Crippen LogP contribution in [0.15, 0.2) is 54.1 Å². The molecule has 2 N–H and O–H groups in total. The Labute approximate surface area is 96.4 Å². The van der Waals surface area contributed by atoms with E-state index in [1.807, 2.05) is 25.2 Å². The summed E-state index contributed by atoms with van der Waals surface area (Å²) in [7, 11) is -4.07. The van der Waals surface area contributed by atoms with E-state index in [4.69, 9.17) is 9.79 Å². The summed E-state index contributed by atoms with van der Waals surface area (Å²) >= 11 is 0. The van der Waals surface area contributed by atoms with Crippen molar-refractivity contribution < 1.29 is 14.4 Å². The lowest BCUT2D eigenvalue weighted by molar-refractivity contribution is 0.386. The first-order chi connectivity index (χ1) is 7.56. The summed E-state index contributed by atoms with van der Waals surface area (Å²) < 4.78 is 10.4. The summed E-state index contributed by atoms with van der Waals surface area (Å²) in [5.74, 6) is 0.743. The van der Waals surface area contributed by atoms with E-state index in [1.54, 1.807) is 12.2 Å². The topological polar surface area (TPSA) is 57.5 Å². The van der Waals surface area contributed by atoms with Crippen molar-refractivity contribution >= 4 is 7.60 Å². The highest BCUT2D eigenvalue weighted by Gasteiger charge is 2.03. The molecule has 4 heteroatoms. The summed E-state index contributed by atoms with van der Waals surface area (Å²) in [4.78, 5) is 16.9. The molecule has 0 fully saturated rings. The van der Waals surface area contributed by atoms with Crippen LogP contribution in [-0.4, -0.2) is 9.79 Å². The first-order valence-corrected chi connectivity index (χ1v) is 6.66. The van der Waals surface area contributed by atoms with Gasteiger partial charge in [-0.1, -0.05) is 36.5 Å². The number of hydrogen-bond donors (Lipinski definition) is 2. The molecule has 0 bridgehead atoms. The molecule has 0 saturated carbocycles. The molecule has 0 unspecified atom stereocenters. The van der Waals surface area contributed by atoms with Gasteiger partial charge in [0, 0.05) is 0 Å². The van der Waals surface area contributed by atoms with Crippen LogP contribution >= 0.6 is 7.60 Å².